The second-order valence-electron chi connectivity index (χ2n) is 6.68. The van der Waals surface area contributed by atoms with Crippen LogP contribution in [0.5, 0.6) is 5.75 Å². The lowest BCUT2D eigenvalue weighted by Crippen LogP contribution is -2.54. The van der Waals surface area contributed by atoms with Crippen molar-refractivity contribution in [2.45, 2.75) is 6.92 Å². The van der Waals surface area contributed by atoms with E-state index in [-0.39, 0.29) is 5.69 Å². The third kappa shape index (κ3) is 3.40. The van der Waals surface area contributed by atoms with Crippen molar-refractivity contribution in [3.8, 4) is 5.75 Å². The number of non-ortho nitro benzene ring substituents is 1. The molecule has 0 unspecified atom stereocenters. The number of rotatable bonds is 5. The van der Waals surface area contributed by atoms with Crippen LogP contribution in [0.15, 0.2) is 18.2 Å². The quantitative estimate of drug-likeness (QED) is 0.608. The van der Waals surface area contributed by atoms with E-state index in [1.165, 1.54) is 12.1 Å². The van der Waals surface area contributed by atoms with Crippen molar-refractivity contribution in [1.29, 1.82) is 0 Å². The molecule has 0 atom stereocenters. The number of nitro benzene ring substituents is 1. The van der Waals surface area contributed by atoms with E-state index in [1.54, 1.807) is 13.2 Å². The Morgan fingerprint density at radius 1 is 1.30 bits per heavy atom. The molecule has 0 N–H and O–H groups in total. The molecule has 1 aromatic carbocycles. The Labute approximate surface area is 135 Å². The zero-order valence-electron chi connectivity index (χ0n) is 13.7. The fourth-order valence-corrected chi connectivity index (χ4v) is 3.27. The van der Waals surface area contributed by atoms with E-state index in [4.69, 9.17) is 9.47 Å². The Balaban J connectivity index is 1.64. The molecule has 2 aliphatic rings. The Morgan fingerprint density at radius 3 is 2.52 bits per heavy atom. The first-order valence-corrected chi connectivity index (χ1v) is 7.88. The Hall–Kier alpha value is -1.86. The lowest BCUT2D eigenvalue weighted by atomic mass is 9.88. The molecule has 0 aliphatic carbocycles. The van der Waals surface area contributed by atoms with Crippen LogP contribution in [-0.4, -0.2) is 62.9 Å². The monoisotopic (exact) mass is 321 g/mol. The lowest BCUT2D eigenvalue weighted by molar-refractivity contribution is -0.384. The third-order valence-corrected chi connectivity index (χ3v) is 4.59. The molecule has 2 heterocycles. The van der Waals surface area contributed by atoms with Gasteiger partial charge in [-0.25, -0.2) is 0 Å². The van der Waals surface area contributed by atoms with Gasteiger partial charge < -0.3 is 14.4 Å². The second-order valence-corrected chi connectivity index (χ2v) is 6.68. The van der Waals surface area contributed by atoms with E-state index in [9.17, 15) is 10.1 Å². The smallest absolute Gasteiger partial charge is 0.273 e. The zero-order valence-corrected chi connectivity index (χ0v) is 13.7. The minimum Gasteiger partial charge on any atom is -0.494 e. The van der Waals surface area contributed by atoms with Crippen molar-refractivity contribution in [1.82, 2.24) is 4.90 Å². The minimum atomic E-state index is -0.397. The molecule has 0 spiro atoms. The molecule has 3 rings (SSSR count). The van der Waals surface area contributed by atoms with Gasteiger partial charge in [-0.2, -0.15) is 0 Å². The molecule has 0 bridgehead atoms. The van der Waals surface area contributed by atoms with Crippen molar-refractivity contribution in [2.75, 3.05) is 57.9 Å². The molecule has 23 heavy (non-hydrogen) atoms. The van der Waals surface area contributed by atoms with Crippen LogP contribution in [0.2, 0.25) is 0 Å². The highest BCUT2D eigenvalue weighted by Crippen LogP contribution is 2.33. The van der Waals surface area contributed by atoms with Crippen molar-refractivity contribution in [2.24, 2.45) is 5.41 Å². The van der Waals surface area contributed by atoms with Crippen molar-refractivity contribution >= 4 is 11.4 Å². The zero-order chi connectivity index (χ0) is 16.4. The molecule has 126 valence electrons. The molecular weight excluding hydrogens is 298 g/mol. The highest BCUT2D eigenvalue weighted by atomic mass is 16.6. The molecular formula is C16H23N3O4. The Morgan fingerprint density at radius 2 is 2.00 bits per heavy atom. The number of benzene rings is 1. The maximum atomic E-state index is 10.9. The number of anilines is 1. The van der Waals surface area contributed by atoms with Crippen LogP contribution in [0.1, 0.15) is 6.92 Å². The predicted molar refractivity (Wildman–Crippen MR) is 87.2 cm³/mol. The molecule has 2 fully saturated rings. The largest absolute Gasteiger partial charge is 0.494 e. The standard InChI is InChI=1S/C16H23N3O4/c1-16(11-23-12-16)10-17-5-7-18(8-6-17)14-4-3-13(19(20)21)9-15(14)22-2/h3-4,9H,5-8,10-12H2,1-2H3. The Bertz CT molecular complexity index is 581. The number of nitrogens with zero attached hydrogens (tertiary/aromatic N) is 3. The Kier molecular flexibility index (Phi) is 4.41. The molecule has 2 aliphatic heterocycles. The van der Waals surface area contributed by atoms with Crippen molar-refractivity contribution in [3.63, 3.8) is 0 Å². The summed E-state index contributed by atoms with van der Waals surface area (Å²) in [5.74, 6) is 0.562. The van der Waals surface area contributed by atoms with Crippen LogP contribution in [0, 0.1) is 15.5 Å². The minimum absolute atomic E-state index is 0.0575. The van der Waals surface area contributed by atoms with E-state index in [0.29, 0.717) is 11.2 Å². The van der Waals surface area contributed by atoms with E-state index in [2.05, 4.69) is 16.7 Å². The summed E-state index contributed by atoms with van der Waals surface area (Å²) in [4.78, 5) is 15.2. The van der Waals surface area contributed by atoms with E-state index in [1.807, 2.05) is 0 Å². The van der Waals surface area contributed by atoms with E-state index in [0.717, 1.165) is 51.6 Å². The maximum absolute atomic E-state index is 10.9. The molecule has 0 amide bonds. The summed E-state index contributed by atoms with van der Waals surface area (Å²) in [7, 11) is 1.55. The van der Waals surface area contributed by atoms with E-state index < -0.39 is 4.92 Å². The summed E-state index contributed by atoms with van der Waals surface area (Å²) in [5.41, 5.74) is 1.28. The number of piperazine rings is 1. The molecule has 0 radical (unpaired) electrons. The molecule has 2 saturated heterocycles. The van der Waals surface area contributed by atoms with Crippen molar-refractivity contribution < 1.29 is 14.4 Å². The number of nitro groups is 1. The molecule has 7 nitrogen and oxygen atoms in total. The van der Waals surface area contributed by atoms with Gasteiger partial charge in [-0.3, -0.25) is 15.0 Å². The van der Waals surface area contributed by atoms with Gasteiger partial charge in [0.15, 0.2) is 0 Å². The van der Waals surface area contributed by atoms with E-state index >= 15 is 0 Å². The van der Waals surface area contributed by atoms with Gasteiger partial charge in [-0.15, -0.1) is 0 Å². The number of hydrogen-bond acceptors (Lipinski definition) is 6. The van der Waals surface area contributed by atoms with Gasteiger partial charge in [0.05, 0.1) is 37.0 Å². The SMILES string of the molecule is COc1cc([N+](=O)[O-])ccc1N1CCN(CC2(C)COC2)CC1. The average Bonchev–Trinajstić information content (AvgIpc) is 2.53. The first kappa shape index (κ1) is 16.0. The molecule has 7 heteroatoms. The van der Waals surface area contributed by atoms with Crippen LogP contribution in [0.3, 0.4) is 0 Å². The molecule has 0 saturated carbocycles. The van der Waals surface area contributed by atoms with Crippen LogP contribution in [0.25, 0.3) is 0 Å². The maximum Gasteiger partial charge on any atom is 0.273 e. The topological polar surface area (TPSA) is 68.1 Å². The normalized spacial score (nSPS) is 20.9. The highest BCUT2D eigenvalue weighted by molar-refractivity contribution is 5.62. The molecule has 1 aromatic rings. The predicted octanol–water partition coefficient (Wildman–Crippen LogP) is 1.76. The van der Waals surface area contributed by atoms with Crippen LogP contribution < -0.4 is 9.64 Å². The fraction of sp³-hybridized carbons (Fsp3) is 0.625. The highest BCUT2D eigenvalue weighted by Gasteiger charge is 2.36. The number of methoxy groups -OCH3 is 1. The van der Waals surface area contributed by atoms with Crippen LogP contribution in [0.4, 0.5) is 11.4 Å². The lowest BCUT2D eigenvalue weighted by Gasteiger charge is -2.44. The first-order chi connectivity index (χ1) is 11.0. The van der Waals surface area contributed by atoms with Gasteiger partial charge in [0.2, 0.25) is 0 Å². The first-order valence-electron chi connectivity index (χ1n) is 7.88. The van der Waals surface area contributed by atoms with Crippen molar-refractivity contribution in [3.05, 3.63) is 28.3 Å². The van der Waals surface area contributed by atoms with Crippen LogP contribution >= 0.6 is 0 Å². The number of hydrogen-bond donors (Lipinski definition) is 0. The summed E-state index contributed by atoms with van der Waals surface area (Å²) in [6.07, 6.45) is 0. The summed E-state index contributed by atoms with van der Waals surface area (Å²) in [6.45, 7) is 8.79. The average molecular weight is 321 g/mol. The summed E-state index contributed by atoms with van der Waals surface area (Å²) >= 11 is 0. The van der Waals surface area contributed by atoms with Gasteiger partial charge in [-0.05, 0) is 6.07 Å². The van der Waals surface area contributed by atoms with Gasteiger partial charge in [0.25, 0.3) is 5.69 Å². The van der Waals surface area contributed by atoms with Gasteiger partial charge in [-0.1, -0.05) is 6.92 Å². The summed E-state index contributed by atoms with van der Waals surface area (Å²) in [5, 5.41) is 10.9. The van der Waals surface area contributed by atoms with Gasteiger partial charge in [0.1, 0.15) is 5.75 Å². The summed E-state index contributed by atoms with van der Waals surface area (Å²) in [6, 6.07) is 4.82. The number of ether oxygens (including phenoxy) is 2. The van der Waals surface area contributed by atoms with Crippen LogP contribution in [-0.2, 0) is 4.74 Å². The fourth-order valence-electron chi connectivity index (χ4n) is 3.27. The second kappa shape index (κ2) is 6.33. The third-order valence-electron chi connectivity index (χ3n) is 4.59. The molecule has 0 aromatic heterocycles. The summed E-state index contributed by atoms with van der Waals surface area (Å²) < 4.78 is 10.7. The van der Waals surface area contributed by atoms with Gasteiger partial charge in [0, 0.05) is 44.2 Å². The van der Waals surface area contributed by atoms with Gasteiger partial charge >= 0.3 is 0 Å².